The number of benzene rings is 2. The van der Waals surface area contributed by atoms with Gasteiger partial charge >= 0.3 is 6.18 Å². The van der Waals surface area contributed by atoms with Crippen molar-refractivity contribution in [1.82, 2.24) is 15.4 Å². The van der Waals surface area contributed by atoms with E-state index in [-0.39, 0.29) is 23.7 Å². The van der Waals surface area contributed by atoms with E-state index in [1.807, 2.05) is 6.92 Å². The maximum absolute atomic E-state index is 12.1. The zero-order valence-electron chi connectivity index (χ0n) is 17.0. The summed E-state index contributed by atoms with van der Waals surface area (Å²) in [5.41, 5.74) is 1.49. The molecule has 8 nitrogen and oxygen atoms in total. The third-order valence-corrected chi connectivity index (χ3v) is 5.43. The van der Waals surface area contributed by atoms with E-state index in [0.29, 0.717) is 5.56 Å². The van der Waals surface area contributed by atoms with Crippen molar-refractivity contribution in [1.29, 1.82) is 0 Å². The van der Waals surface area contributed by atoms with Crippen molar-refractivity contribution in [3.8, 4) is 5.75 Å². The van der Waals surface area contributed by atoms with Gasteiger partial charge in [0, 0.05) is 6.54 Å². The van der Waals surface area contributed by atoms with Crippen LogP contribution in [-0.4, -0.2) is 46.1 Å². The lowest BCUT2D eigenvalue weighted by atomic mass is 10.2. The molecule has 2 aromatic rings. The third-order valence-electron chi connectivity index (χ3n) is 4.02. The Bertz CT molecular complexity index is 1020. The van der Waals surface area contributed by atoms with Crippen molar-refractivity contribution in [3.63, 3.8) is 0 Å². The van der Waals surface area contributed by atoms with Gasteiger partial charge in [0.2, 0.25) is 21.8 Å². The van der Waals surface area contributed by atoms with E-state index in [4.69, 9.17) is 0 Å². The first-order chi connectivity index (χ1) is 14.9. The van der Waals surface area contributed by atoms with E-state index >= 15 is 0 Å². The number of hydrogen-bond acceptors (Lipinski definition) is 5. The number of halogens is 3. The Morgan fingerprint density at radius 3 is 2.09 bits per heavy atom. The van der Waals surface area contributed by atoms with Crippen LogP contribution < -0.4 is 20.1 Å². The Labute approximate surface area is 183 Å². The molecule has 0 aliphatic rings. The maximum atomic E-state index is 12.1. The molecular weight excluding hydrogens is 451 g/mol. The second-order valence-electron chi connectivity index (χ2n) is 6.74. The molecule has 2 amide bonds. The number of ether oxygens (including phenoxy) is 1. The molecule has 12 heteroatoms. The summed E-state index contributed by atoms with van der Waals surface area (Å²) < 4.78 is 67.3. The van der Waals surface area contributed by atoms with Crippen molar-refractivity contribution in [3.05, 3.63) is 59.7 Å². The highest BCUT2D eigenvalue weighted by atomic mass is 32.2. The van der Waals surface area contributed by atoms with Crippen LogP contribution in [0.2, 0.25) is 0 Å². The summed E-state index contributed by atoms with van der Waals surface area (Å²) in [5.74, 6) is -1.18. The van der Waals surface area contributed by atoms with Gasteiger partial charge in [0.15, 0.2) is 6.61 Å². The fourth-order valence-corrected chi connectivity index (χ4v) is 3.32. The van der Waals surface area contributed by atoms with Gasteiger partial charge in [-0.2, -0.15) is 13.2 Å². The van der Waals surface area contributed by atoms with Gasteiger partial charge in [0.25, 0.3) is 0 Å². The molecule has 0 unspecified atom stereocenters. The minimum Gasteiger partial charge on any atom is -0.484 e. The molecule has 0 aromatic heterocycles. The normalized spacial score (nSPS) is 11.6. The van der Waals surface area contributed by atoms with Gasteiger partial charge in [-0.05, 0) is 36.8 Å². The van der Waals surface area contributed by atoms with Crippen LogP contribution in [0.3, 0.4) is 0 Å². The van der Waals surface area contributed by atoms with E-state index < -0.39 is 41.2 Å². The maximum Gasteiger partial charge on any atom is 0.422 e. The molecular formula is C20H22F3N3O5S. The lowest BCUT2D eigenvalue weighted by Crippen LogP contribution is -2.41. The van der Waals surface area contributed by atoms with Crippen molar-refractivity contribution in [2.75, 3.05) is 19.7 Å². The SMILES string of the molecule is Cc1ccc(S(=O)(=O)NCC(=O)NCC(=O)NCc2ccc(OCC(F)(F)F)cc2)cc1. The monoisotopic (exact) mass is 473 g/mol. The molecule has 0 heterocycles. The number of carbonyl (C=O) groups is 2. The summed E-state index contributed by atoms with van der Waals surface area (Å²) in [6.45, 7) is -0.427. The van der Waals surface area contributed by atoms with E-state index in [1.54, 1.807) is 12.1 Å². The van der Waals surface area contributed by atoms with Crippen LogP contribution in [0, 0.1) is 6.92 Å². The number of hydrogen-bond donors (Lipinski definition) is 3. The summed E-state index contributed by atoms with van der Waals surface area (Å²) >= 11 is 0. The van der Waals surface area contributed by atoms with Crippen molar-refractivity contribution in [2.24, 2.45) is 0 Å². The number of carbonyl (C=O) groups excluding carboxylic acids is 2. The molecule has 0 aliphatic heterocycles. The van der Waals surface area contributed by atoms with Gasteiger partial charge in [-0.25, -0.2) is 13.1 Å². The van der Waals surface area contributed by atoms with Crippen molar-refractivity contribution in [2.45, 2.75) is 24.5 Å². The average molecular weight is 473 g/mol. The summed E-state index contributed by atoms with van der Waals surface area (Å²) in [6.07, 6.45) is -4.43. The predicted molar refractivity (Wildman–Crippen MR) is 109 cm³/mol. The van der Waals surface area contributed by atoms with Crippen LogP contribution >= 0.6 is 0 Å². The molecule has 32 heavy (non-hydrogen) atoms. The van der Waals surface area contributed by atoms with Crippen molar-refractivity contribution >= 4 is 21.8 Å². The molecule has 174 valence electrons. The van der Waals surface area contributed by atoms with Crippen LogP contribution in [-0.2, 0) is 26.2 Å². The first-order valence-corrected chi connectivity index (χ1v) is 10.8. The molecule has 3 N–H and O–H groups in total. The number of alkyl halides is 3. The largest absolute Gasteiger partial charge is 0.484 e. The second kappa shape index (κ2) is 11.0. The van der Waals surface area contributed by atoms with E-state index in [9.17, 15) is 31.2 Å². The number of aryl methyl sites for hydroxylation is 1. The molecule has 0 bridgehead atoms. The summed E-state index contributed by atoms with van der Waals surface area (Å²) in [4.78, 5) is 23.7. The van der Waals surface area contributed by atoms with E-state index in [2.05, 4.69) is 20.1 Å². The molecule has 0 radical (unpaired) electrons. The standard InChI is InChI=1S/C20H22F3N3O5S/c1-14-2-8-17(9-3-14)32(29,30)26-12-19(28)25-11-18(27)24-10-15-4-6-16(7-5-15)31-13-20(21,22)23/h2-9,26H,10-13H2,1H3,(H,24,27)(H,25,28). The highest BCUT2D eigenvalue weighted by Gasteiger charge is 2.28. The second-order valence-corrected chi connectivity index (χ2v) is 8.51. The predicted octanol–water partition coefficient (Wildman–Crippen LogP) is 1.65. The quantitative estimate of drug-likeness (QED) is 0.486. The van der Waals surface area contributed by atoms with Gasteiger partial charge < -0.3 is 15.4 Å². The molecule has 0 saturated heterocycles. The zero-order valence-corrected chi connectivity index (χ0v) is 17.8. The minimum absolute atomic E-state index is 0.0171. The molecule has 0 fully saturated rings. The average Bonchev–Trinajstić information content (AvgIpc) is 2.74. The van der Waals surface area contributed by atoms with Gasteiger partial charge in [-0.15, -0.1) is 0 Å². The van der Waals surface area contributed by atoms with E-state index in [0.717, 1.165) is 5.56 Å². The molecule has 0 aliphatic carbocycles. The smallest absolute Gasteiger partial charge is 0.422 e. The highest BCUT2D eigenvalue weighted by molar-refractivity contribution is 7.89. The summed E-state index contributed by atoms with van der Waals surface area (Å²) in [5, 5.41) is 4.81. The topological polar surface area (TPSA) is 114 Å². The Balaban J connectivity index is 1.70. The fraction of sp³-hybridized carbons (Fsp3) is 0.300. The van der Waals surface area contributed by atoms with Gasteiger partial charge in [-0.1, -0.05) is 29.8 Å². The Morgan fingerprint density at radius 2 is 1.50 bits per heavy atom. The fourth-order valence-electron chi connectivity index (χ4n) is 2.33. The molecule has 0 atom stereocenters. The highest BCUT2D eigenvalue weighted by Crippen LogP contribution is 2.18. The number of nitrogens with one attached hydrogen (secondary N) is 3. The number of amides is 2. The molecule has 0 spiro atoms. The van der Waals surface area contributed by atoms with Gasteiger partial charge in [0.05, 0.1) is 18.0 Å². The van der Waals surface area contributed by atoms with Crippen molar-refractivity contribution < 1.29 is 35.9 Å². The summed E-state index contributed by atoms with van der Waals surface area (Å²) in [7, 11) is -3.86. The van der Waals surface area contributed by atoms with Crippen LogP contribution in [0.25, 0.3) is 0 Å². The first kappa shape index (κ1) is 25.1. The minimum atomic E-state index is -4.43. The van der Waals surface area contributed by atoms with Crippen LogP contribution in [0.1, 0.15) is 11.1 Å². The molecule has 2 rings (SSSR count). The Kier molecular flexibility index (Phi) is 8.61. The first-order valence-electron chi connectivity index (χ1n) is 9.33. The number of sulfonamides is 1. The third kappa shape index (κ3) is 8.94. The Hall–Kier alpha value is -3.12. The van der Waals surface area contributed by atoms with E-state index in [1.165, 1.54) is 36.4 Å². The van der Waals surface area contributed by atoms with Crippen LogP contribution in [0.15, 0.2) is 53.4 Å². The number of rotatable bonds is 10. The lowest BCUT2D eigenvalue weighted by Gasteiger charge is -2.10. The molecule has 2 aromatic carbocycles. The summed E-state index contributed by atoms with van der Waals surface area (Å²) in [6, 6.07) is 11.7. The Morgan fingerprint density at radius 1 is 0.906 bits per heavy atom. The molecule has 0 saturated carbocycles. The lowest BCUT2D eigenvalue weighted by molar-refractivity contribution is -0.153. The van der Waals surface area contributed by atoms with Crippen LogP contribution in [0.5, 0.6) is 5.75 Å². The van der Waals surface area contributed by atoms with Gasteiger partial charge in [-0.3, -0.25) is 9.59 Å². The zero-order chi connectivity index (χ0) is 23.8. The van der Waals surface area contributed by atoms with Crippen LogP contribution in [0.4, 0.5) is 13.2 Å². The van der Waals surface area contributed by atoms with Gasteiger partial charge in [0.1, 0.15) is 5.75 Å².